The van der Waals surface area contributed by atoms with Crippen molar-refractivity contribution in [1.29, 1.82) is 0 Å². The quantitative estimate of drug-likeness (QED) is 0.0254. The molecule has 3 amide bonds. The van der Waals surface area contributed by atoms with Crippen LogP contribution in [0.25, 0.3) is 0 Å². The van der Waals surface area contributed by atoms with E-state index in [2.05, 4.69) is 16.0 Å². The molecule has 0 aromatic carbocycles. The summed E-state index contributed by atoms with van der Waals surface area (Å²) in [4.78, 5) is 129. The Kier molecular flexibility index (Phi) is 33.8. The van der Waals surface area contributed by atoms with Gasteiger partial charge in [0.05, 0.1) is 5.92 Å². The van der Waals surface area contributed by atoms with Crippen LogP contribution in [-0.2, 0) is 71.6 Å². The molecule has 0 aromatic heterocycles. The van der Waals surface area contributed by atoms with E-state index >= 15 is 0 Å². The van der Waals surface area contributed by atoms with Gasteiger partial charge in [-0.3, -0.25) is 33.6 Å². The van der Waals surface area contributed by atoms with Crippen LogP contribution in [0.1, 0.15) is 264 Å². The molecule has 0 radical (unpaired) electrons. The van der Waals surface area contributed by atoms with Crippen LogP contribution in [0.2, 0.25) is 0 Å². The first-order valence-corrected chi connectivity index (χ1v) is 28.6. The lowest BCUT2D eigenvalue weighted by molar-refractivity contribution is -0.162. The fraction of sp³-hybridized carbons (Fsp3) is 0.831. The number of carboxylic acids is 1. The molecule has 0 spiro atoms. The first-order valence-electron chi connectivity index (χ1n) is 28.6. The molecule has 19 nitrogen and oxygen atoms in total. The second-order valence-electron chi connectivity index (χ2n) is 25.5. The zero-order valence-corrected chi connectivity index (χ0v) is 50.6. The Bertz CT molecular complexity index is 1900. The van der Waals surface area contributed by atoms with Gasteiger partial charge in [0.25, 0.3) is 0 Å². The Morgan fingerprint density at radius 3 is 0.936 bits per heavy atom. The lowest BCUT2D eigenvalue weighted by atomic mass is 9.94. The van der Waals surface area contributed by atoms with Crippen LogP contribution >= 0.6 is 0 Å². The third-order valence-electron chi connectivity index (χ3n) is 11.5. The topological polar surface area (TPSA) is 273 Å². The van der Waals surface area contributed by atoms with Gasteiger partial charge < -0.3 is 44.7 Å². The monoisotopic (exact) mass is 1110 g/mol. The van der Waals surface area contributed by atoms with Crippen molar-refractivity contribution >= 4 is 59.3 Å². The maximum Gasteiger partial charge on any atom is 0.329 e. The molecule has 0 saturated heterocycles. The normalized spacial score (nSPS) is 13.7. The van der Waals surface area contributed by atoms with Gasteiger partial charge in [-0.1, -0.05) is 77.0 Å². The minimum Gasteiger partial charge on any atom is -0.481 e. The minimum atomic E-state index is -1.35. The van der Waals surface area contributed by atoms with E-state index in [4.69, 9.17) is 23.7 Å². The number of hydrogen-bond acceptors (Lipinski definition) is 15. The second kappa shape index (κ2) is 36.2. The molecule has 0 fully saturated rings. The summed E-state index contributed by atoms with van der Waals surface area (Å²) in [6.45, 7) is 25.4. The molecule has 0 heterocycles. The van der Waals surface area contributed by atoms with Crippen molar-refractivity contribution < 1.29 is 76.7 Å². The van der Waals surface area contributed by atoms with Crippen LogP contribution in [0.4, 0.5) is 0 Å². The largest absolute Gasteiger partial charge is 0.481 e. The zero-order chi connectivity index (χ0) is 59.9. The van der Waals surface area contributed by atoms with Crippen molar-refractivity contribution in [3.05, 3.63) is 0 Å². The van der Waals surface area contributed by atoms with Gasteiger partial charge in [0.1, 0.15) is 51.9 Å². The van der Waals surface area contributed by atoms with Gasteiger partial charge >= 0.3 is 35.8 Å². The van der Waals surface area contributed by atoms with E-state index < -0.39 is 106 Å². The molecular formula is C59H103N3O16. The van der Waals surface area contributed by atoms with Gasteiger partial charge in [0, 0.05) is 44.9 Å². The highest BCUT2D eigenvalue weighted by molar-refractivity contribution is 5.89. The zero-order valence-electron chi connectivity index (χ0n) is 50.6. The lowest BCUT2D eigenvalue weighted by Gasteiger charge is -2.26. The number of esters is 5. The molecule has 0 aliphatic carbocycles. The Hall–Kier alpha value is -5.10. The number of Topliss-reactive ketones (excluding diaryl/α,β-unsaturated/α-hetero) is 1. The highest BCUT2D eigenvalue weighted by Crippen LogP contribution is 2.22. The van der Waals surface area contributed by atoms with Gasteiger partial charge in [-0.2, -0.15) is 0 Å². The SMILES string of the molecule is CC(C)(C)OC(=O)CCCCCCCCCCCCCCCCC(=O)N[C@@H](CCC(=O)N[C@@H](CCC(=O)N[C@@H](CCC(=O)C[C@@H](CCC(=O)O)C(=O)OC(C)(C)C)C(=O)OC(C)(C)C)C(=O)OC(C)(C)C)C(=O)OC(C)(C)C. The number of carboxylic acid groups (broad SMARTS) is 1. The summed E-state index contributed by atoms with van der Waals surface area (Å²) < 4.78 is 27.4. The molecule has 78 heavy (non-hydrogen) atoms. The summed E-state index contributed by atoms with van der Waals surface area (Å²) in [7, 11) is 0. The van der Waals surface area contributed by atoms with Crippen molar-refractivity contribution in [2.75, 3.05) is 0 Å². The first kappa shape index (κ1) is 72.9. The fourth-order valence-corrected chi connectivity index (χ4v) is 7.95. The number of ketones is 1. The fourth-order valence-electron chi connectivity index (χ4n) is 7.95. The maximum absolute atomic E-state index is 13.5. The average Bonchev–Trinajstić information content (AvgIpc) is 3.25. The number of ether oxygens (including phenoxy) is 5. The molecule has 0 bridgehead atoms. The number of aliphatic carboxylic acids is 1. The van der Waals surface area contributed by atoms with Crippen LogP contribution < -0.4 is 16.0 Å². The molecule has 4 N–H and O–H groups in total. The van der Waals surface area contributed by atoms with E-state index in [1.165, 1.54) is 38.5 Å². The summed E-state index contributed by atoms with van der Waals surface area (Å²) in [5.74, 6) is -7.70. The maximum atomic E-state index is 13.5. The Morgan fingerprint density at radius 1 is 0.333 bits per heavy atom. The van der Waals surface area contributed by atoms with Crippen molar-refractivity contribution in [3.8, 4) is 0 Å². The Morgan fingerprint density at radius 2 is 0.615 bits per heavy atom. The predicted octanol–water partition coefficient (Wildman–Crippen LogP) is 10.2. The van der Waals surface area contributed by atoms with Gasteiger partial charge in [0.2, 0.25) is 17.7 Å². The molecule has 0 unspecified atom stereocenters. The van der Waals surface area contributed by atoms with Crippen LogP contribution in [0.3, 0.4) is 0 Å². The van der Waals surface area contributed by atoms with Gasteiger partial charge in [-0.15, -0.1) is 0 Å². The molecular weight excluding hydrogens is 1010 g/mol. The Balaban J connectivity index is 5.45. The molecule has 450 valence electrons. The van der Waals surface area contributed by atoms with E-state index in [0.717, 1.165) is 44.9 Å². The van der Waals surface area contributed by atoms with Crippen molar-refractivity contribution in [3.63, 3.8) is 0 Å². The summed E-state index contributed by atoms with van der Waals surface area (Å²) >= 11 is 0. The van der Waals surface area contributed by atoms with Gasteiger partial charge in [-0.05, 0) is 142 Å². The highest BCUT2D eigenvalue weighted by atomic mass is 16.6. The summed E-state index contributed by atoms with van der Waals surface area (Å²) in [5.41, 5.74) is -4.16. The van der Waals surface area contributed by atoms with E-state index in [1.54, 1.807) is 83.1 Å². The molecule has 0 aliphatic heterocycles. The summed E-state index contributed by atoms with van der Waals surface area (Å²) in [6, 6.07) is -3.85. The molecule has 0 aliphatic rings. The number of carbonyl (C=O) groups is 10. The number of unbranched alkanes of at least 4 members (excludes halogenated alkanes) is 13. The van der Waals surface area contributed by atoms with Crippen molar-refractivity contribution in [2.24, 2.45) is 5.92 Å². The second-order valence-corrected chi connectivity index (χ2v) is 25.5. The standard InChI is InChI=1S/C59H103N3O16/c1-55(2,3)74-50(69)31-29-27-25-23-21-19-17-16-18-20-22-24-26-28-30-46(64)60-44(53(72)77-58(10,11)12)35-37-48(66)62-45(54(73)78-59(13,14)15)36-38-47(65)61-43(52(71)76-57(7,8)9)34-33-42(63)40-41(32-39-49(67)68)51(70)75-56(4,5)6/h41,43-45H,16-40H2,1-15H3,(H,60,64)(H,61,65)(H,62,66)(H,67,68)/t41-,43+,44+,45+/m1/s1. The Labute approximate surface area is 467 Å². The number of nitrogens with one attached hydrogen (secondary N) is 3. The van der Waals surface area contributed by atoms with E-state index in [-0.39, 0.29) is 69.7 Å². The average molecular weight is 1110 g/mol. The number of amides is 3. The van der Waals surface area contributed by atoms with E-state index in [1.807, 2.05) is 20.8 Å². The molecule has 0 saturated carbocycles. The van der Waals surface area contributed by atoms with E-state index in [9.17, 15) is 53.1 Å². The molecule has 0 aromatic rings. The number of hydrogen-bond donors (Lipinski definition) is 4. The van der Waals surface area contributed by atoms with Gasteiger partial charge in [-0.25, -0.2) is 14.4 Å². The van der Waals surface area contributed by atoms with Crippen LogP contribution in [0.15, 0.2) is 0 Å². The van der Waals surface area contributed by atoms with Gasteiger partial charge in [0.15, 0.2) is 0 Å². The molecule has 19 heteroatoms. The number of carbonyl (C=O) groups excluding carboxylic acids is 9. The third kappa shape index (κ3) is 41.9. The lowest BCUT2D eigenvalue weighted by Crippen LogP contribution is -2.47. The van der Waals surface area contributed by atoms with E-state index in [0.29, 0.717) is 12.8 Å². The molecule has 0 rings (SSSR count). The summed E-state index contributed by atoms with van der Waals surface area (Å²) in [6.07, 6.45) is 13.0. The van der Waals surface area contributed by atoms with Crippen LogP contribution in [-0.4, -0.2) is 111 Å². The molecule has 4 atom stereocenters. The number of rotatable bonds is 38. The van der Waals surface area contributed by atoms with Crippen LogP contribution in [0, 0.1) is 5.92 Å². The highest BCUT2D eigenvalue weighted by Gasteiger charge is 2.33. The minimum absolute atomic E-state index is 0.125. The van der Waals surface area contributed by atoms with Crippen LogP contribution in [0.5, 0.6) is 0 Å². The third-order valence-corrected chi connectivity index (χ3v) is 11.5. The first-order chi connectivity index (χ1) is 35.8. The smallest absolute Gasteiger partial charge is 0.329 e. The summed E-state index contributed by atoms with van der Waals surface area (Å²) in [5, 5.41) is 17.1. The predicted molar refractivity (Wildman–Crippen MR) is 297 cm³/mol. The van der Waals surface area contributed by atoms with Crippen molar-refractivity contribution in [1.82, 2.24) is 16.0 Å². The van der Waals surface area contributed by atoms with Crippen molar-refractivity contribution in [2.45, 2.75) is 311 Å².